The number of hydrogen-bond acceptors (Lipinski definition) is 6. The van der Waals surface area contributed by atoms with Crippen molar-refractivity contribution in [2.75, 3.05) is 6.61 Å². The van der Waals surface area contributed by atoms with Crippen LogP contribution in [0.4, 0.5) is 18.9 Å². The topological polar surface area (TPSA) is 102 Å². The third kappa shape index (κ3) is 4.26. The van der Waals surface area contributed by atoms with Gasteiger partial charge in [-0.2, -0.15) is 4.39 Å². The first-order valence-corrected chi connectivity index (χ1v) is 8.15. The summed E-state index contributed by atoms with van der Waals surface area (Å²) in [5.74, 6) is -7.61. The van der Waals surface area contributed by atoms with Gasteiger partial charge in [0, 0.05) is 11.8 Å². The number of ether oxygens (including phenoxy) is 1. The molecule has 1 saturated carbocycles. The van der Waals surface area contributed by atoms with E-state index in [1.165, 1.54) is 0 Å². The summed E-state index contributed by atoms with van der Waals surface area (Å²) in [6.07, 6.45) is 2.84. The Balaban J connectivity index is 2.72. The number of nitro groups is 1. The van der Waals surface area contributed by atoms with E-state index >= 15 is 0 Å². The van der Waals surface area contributed by atoms with Crippen molar-refractivity contribution in [3.8, 4) is 0 Å². The number of nitrogens with zero attached hydrogens (tertiary/aromatic N) is 2. The van der Waals surface area contributed by atoms with Crippen LogP contribution in [-0.4, -0.2) is 34.9 Å². The zero-order valence-corrected chi connectivity index (χ0v) is 14.6. The average molecular weight is 386 g/mol. The maximum Gasteiger partial charge on any atom is 0.343 e. The molecule has 0 aliphatic heterocycles. The van der Waals surface area contributed by atoms with Crippen molar-refractivity contribution < 1.29 is 32.7 Å². The van der Waals surface area contributed by atoms with Crippen molar-refractivity contribution >= 4 is 23.6 Å². The summed E-state index contributed by atoms with van der Waals surface area (Å²) in [7, 11) is 0. The summed E-state index contributed by atoms with van der Waals surface area (Å²) >= 11 is 0. The molecule has 0 radical (unpaired) electrons. The summed E-state index contributed by atoms with van der Waals surface area (Å²) in [4.78, 5) is 25.9. The molecule has 0 amide bonds. The van der Waals surface area contributed by atoms with Gasteiger partial charge >= 0.3 is 11.7 Å². The van der Waals surface area contributed by atoms with Crippen molar-refractivity contribution in [3.05, 3.63) is 44.3 Å². The third-order valence-corrected chi connectivity index (χ3v) is 3.81. The molecule has 1 aliphatic carbocycles. The van der Waals surface area contributed by atoms with E-state index in [1.54, 1.807) is 6.92 Å². The van der Waals surface area contributed by atoms with Crippen LogP contribution >= 0.6 is 0 Å². The summed E-state index contributed by atoms with van der Waals surface area (Å²) in [5, 5.41) is 21.5. The number of esters is 1. The number of benzene rings is 1. The lowest BCUT2D eigenvalue weighted by molar-refractivity contribution is -0.388. The second kappa shape index (κ2) is 8.19. The average Bonchev–Trinajstić information content (AvgIpc) is 3.44. The minimum atomic E-state index is -1.94. The van der Waals surface area contributed by atoms with Crippen LogP contribution in [0, 0.1) is 34.5 Å². The van der Waals surface area contributed by atoms with Gasteiger partial charge in [-0.3, -0.25) is 15.1 Å². The molecular weight excluding hydrogens is 369 g/mol. The molecule has 0 bridgehead atoms. The first kappa shape index (κ1) is 20.4. The first-order valence-electron chi connectivity index (χ1n) is 8.15. The van der Waals surface area contributed by atoms with Gasteiger partial charge in [0.25, 0.3) is 0 Å². The van der Waals surface area contributed by atoms with E-state index in [9.17, 15) is 33.2 Å². The van der Waals surface area contributed by atoms with Crippen LogP contribution in [-0.2, 0) is 9.53 Å². The number of aliphatic hydroxyl groups is 1. The highest BCUT2D eigenvalue weighted by atomic mass is 19.2. The van der Waals surface area contributed by atoms with E-state index in [2.05, 4.69) is 4.99 Å². The molecule has 146 valence electrons. The lowest BCUT2D eigenvalue weighted by Crippen LogP contribution is -2.15. The fourth-order valence-electron chi connectivity index (χ4n) is 2.17. The second-order valence-electron chi connectivity index (χ2n) is 5.96. The third-order valence-electron chi connectivity index (χ3n) is 3.81. The smallest absolute Gasteiger partial charge is 0.343 e. The SMILES string of the molecule is CCCOC(=O)C(C=NC1CC1)=C(O)c1c(F)c(C)c(F)c(F)c1[N+](=O)[O-]. The zero-order chi connectivity index (χ0) is 20.3. The molecule has 0 spiro atoms. The molecule has 0 heterocycles. The maximum absolute atomic E-state index is 14.5. The second-order valence-corrected chi connectivity index (χ2v) is 5.96. The van der Waals surface area contributed by atoms with E-state index in [0.717, 1.165) is 26.0 Å². The Morgan fingerprint density at radius 1 is 1.33 bits per heavy atom. The molecule has 0 aromatic heterocycles. The van der Waals surface area contributed by atoms with Gasteiger partial charge in [0.05, 0.1) is 17.6 Å². The predicted octanol–water partition coefficient (Wildman–Crippen LogP) is 3.78. The summed E-state index contributed by atoms with van der Waals surface area (Å²) in [6.45, 7) is 2.52. The number of rotatable bonds is 7. The van der Waals surface area contributed by atoms with Crippen LogP contribution in [0.5, 0.6) is 0 Å². The molecule has 10 heteroatoms. The van der Waals surface area contributed by atoms with Gasteiger partial charge in [-0.1, -0.05) is 6.92 Å². The van der Waals surface area contributed by atoms with Gasteiger partial charge in [-0.05, 0) is 26.2 Å². The lowest BCUT2D eigenvalue weighted by atomic mass is 10.0. The van der Waals surface area contributed by atoms with Crippen molar-refractivity contribution in [1.29, 1.82) is 0 Å². The van der Waals surface area contributed by atoms with Crippen molar-refractivity contribution in [3.63, 3.8) is 0 Å². The Kier molecular flexibility index (Phi) is 6.19. The molecule has 1 aliphatic rings. The highest BCUT2D eigenvalue weighted by Crippen LogP contribution is 2.35. The number of aliphatic imine (C=N–C) groups is 1. The summed E-state index contributed by atoms with van der Waals surface area (Å²) < 4.78 is 47.1. The monoisotopic (exact) mass is 386 g/mol. The van der Waals surface area contributed by atoms with E-state index in [-0.39, 0.29) is 12.6 Å². The maximum atomic E-state index is 14.5. The van der Waals surface area contributed by atoms with E-state index in [0.29, 0.717) is 6.42 Å². The van der Waals surface area contributed by atoms with E-state index in [4.69, 9.17) is 4.74 Å². The van der Waals surface area contributed by atoms with Gasteiger partial charge in [0.1, 0.15) is 22.7 Å². The van der Waals surface area contributed by atoms with Gasteiger partial charge in [-0.25, -0.2) is 13.6 Å². The molecule has 27 heavy (non-hydrogen) atoms. The number of aliphatic hydroxyl groups excluding tert-OH is 1. The fraction of sp³-hybridized carbons (Fsp3) is 0.412. The minimum Gasteiger partial charge on any atom is -0.506 e. The molecule has 0 atom stereocenters. The normalized spacial score (nSPS) is 15.0. The van der Waals surface area contributed by atoms with E-state index in [1.807, 2.05) is 0 Å². The van der Waals surface area contributed by atoms with Crippen molar-refractivity contribution in [1.82, 2.24) is 0 Å². The van der Waals surface area contributed by atoms with Crippen LogP contribution in [0.3, 0.4) is 0 Å². The van der Waals surface area contributed by atoms with Gasteiger partial charge in [-0.15, -0.1) is 0 Å². The van der Waals surface area contributed by atoms with Crippen molar-refractivity contribution in [2.45, 2.75) is 39.2 Å². The quantitative estimate of drug-likeness (QED) is 0.146. The highest BCUT2D eigenvalue weighted by molar-refractivity contribution is 6.15. The Hall–Kier alpha value is -2.91. The molecule has 2 rings (SSSR count). The molecule has 1 N–H and O–H groups in total. The molecule has 7 nitrogen and oxygen atoms in total. The number of carbonyl (C=O) groups is 1. The predicted molar refractivity (Wildman–Crippen MR) is 90.0 cm³/mol. The van der Waals surface area contributed by atoms with Crippen LogP contribution in [0.2, 0.25) is 0 Å². The molecule has 0 unspecified atom stereocenters. The lowest BCUT2D eigenvalue weighted by Gasteiger charge is -2.11. The van der Waals surface area contributed by atoms with Gasteiger partial charge in [0.15, 0.2) is 5.82 Å². The zero-order valence-electron chi connectivity index (χ0n) is 14.6. The number of halogens is 3. The van der Waals surface area contributed by atoms with Crippen LogP contribution in [0.25, 0.3) is 5.76 Å². The van der Waals surface area contributed by atoms with Crippen molar-refractivity contribution in [2.24, 2.45) is 4.99 Å². The fourth-order valence-corrected chi connectivity index (χ4v) is 2.17. The van der Waals surface area contributed by atoms with Gasteiger partial charge < -0.3 is 9.84 Å². The molecule has 1 fully saturated rings. The molecule has 0 saturated heterocycles. The van der Waals surface area contributed by atoms with Crippen LogP contribution in [0.15, 0.2) is 10.6 Å². The Labute approximate surface area is 152 Å². The Morgan fingerprint density at radius 2 is 1.96 bits per heavy atom. The van der Waals surface area contributed by atoms with Crippen LogP contribution < -0.4 is 0 Å². The Bertz CT molecular complexity index is 848. The molecule has 1 aromatic carbocycles. The molecule has 1 aromatic rings. The first-order chi connectivity index (χ1) is 12.7. The largest absolute Gasteiger partial charge is 0.506 e. The van der Waals surface area contributed by atoms with Gasteiger partial charge in [0.2, 0.25) is 5.82 Å². The highest BCUT2D eigenvalue weighted by Gasteiger charge is 2.35. The standard InChI is InChI=1S/C17H17F3N2O5/c1-3-6-27-17(24)10(7-21-9-4-5-9)16(23)11-12(18)8(2)13(19)14(20)15(11)22(25)26/h7,9,23H,3-6H2,1-2H3. The number of hydrogen-bond donors (Lipinski definition) is 1. The minimum absolute atomic E-state index is 0.0335. The van der Waals surface area contributed by atoms with E-state index < -0.39 is 56.5 Å². The summed E-state index contributed by atoms with van der Waals surface area (Å²) in [5.41, 5.74) is -4.40. The van der Waals surface area contributed by atoms with Crippen LogP contribution in [0.1, 0.15) is 37.3 Å². The number of carbonyl (C=O) groups excluding carboxylic acids is 1. The number of nitro benzene ring substituents is 1. The summed E-state index contributed by atoms with van der Waals surface area (Å²) in [6, 6.07) is -0.0988. The Morgan fingerprint density at radius 3 is 2.48 bits per heavy atom. The molecular formula is C17H17F3N2O5.